The third-order valence-corrected chi connectivity index (χ3v) is 6.10. The van der Waals surface area contributed by atoms with Gasteiger partial charge in [0.1, 0.15) is 23.9 Å². The lowest BCUT2D eigenvalue weighted by molar-refractivity contribution is -0.0175. The summed E-state index contributed by atoms with van der Waals surface area (Å²) in [6.45, 7) is 2.79. The van der Waals surface area contributed by atoms with E-state index in [4.69, 9.17) is 30.5 Å². The monoisotopic (exact) mass is 477 g/mol. The molecule has 5 rings (SSSR count). The van der Waals surface area contributed by atoms with E-state index >= 15 is 0 Å². The lowest BCUT2D eigenvalue weighted by atomic mass is 10.1. The average Bonchev–Trinajstić information content (AvgIpc) is 3.14. The molecule has 7 heteroatoms. The minimum Gasteiger partial charge on any atom is -0.488 e. The molecule has 0 atom stereocenters. The van der Waals surface area contributed by atoms with Crippen LogP contribution in [0.4, 0.5) is 5.69 Å². The molecule has 6 nitrogen and oxygen atoms in total. The number of nitrogens with zero attached hydrogens (tertiary/aromatic N) is 1. The first-order valence-electron chi connectivity index (χ1n) is 10.9. The van der Waals surface area contributed by atoms with Gasteiger partial charge in [-0.05, 0) is 55.0 Å². The molecule has 0 spiro atoms. The van der Waals surface area contributed by atoms with Gasteiger partial charge in [-0.2, -0.15) is 0 Å². The molecule has 0 fully saturated rings. The van der Waals surface area contributed by atoms with Crippen molar-refractivity contribution in [1.29, 1.82) is 0 Å². The fraction of sp³-hybridized carbons (Fsp3) is 0.222. The third kappa shape index (κ3) is 4.22. The van der Waals surface area contributed by atoms with Gasteiger partial charge in [-0.3, -0.25) is 4.79 Å². The van der Waals surface area contributed by atoms with Gasteiger partial charge in [0.25, 0.3) is 0 Å². The van der Waals surface area contributed by atoms with Crippen molar-refractivity contribution in [3.63, 3.8) is 0 Å². The summed E-state index contributed by atoms with van der Waals surface area (Å²) in [5, 5.41) is 0.597. The second-order valence-electron chi connectivity index (χ2n) is 8.44. The predicted molar refractivity (Wildman–Crippen MR) is 131 cm³/mol. The van der Waals surface area contributed by atoms with Gasteiger partial charge in [-0.25, -0.2) is 0 Å². The number of halogens is 1. The molecule has 0 amide bonds. The second kappa shape index (κ2) is 9.05. The molecule has 0 unspecified atom stereocenters. The lowest BCUT2D eigenvalue weighted by Crippen LogP contribution is -2.14. The zero-order valence-electron chi connectivity index (χ0n) is 19.2. The topological polar surface area (TPSA) is 57.2 Å². The van der Waals surface area contributed by atoms with E-state index in [1.807, 2.05) is 62.3 Å². The molecule has 3 aromatic carbocycles. The maximum Gasteiger partial charge on any atom is 0.231 e. The minimum absolute atomic E-state index is 0.140. The SMILES string of the molecule is Cc1c(OCc2cc(Cl)cc3c2OCOC3)ccc2c1O/C(=C\c1ccc(N(C)C)cc1)C2=O. The normalized spacial score (nSPS) is 15.4. The number of ketones is 1. The largest absolute Gasteiger partial charge is 0.488 e. The highest BCUT2D eigenvalue weighted by Crippen LogP contribution is 2.40. The van der Waals surface area contributed by atoms with E-state index in [1.54, 1.807) is 18.2 Å². The molecule has 2 aliphatic heterocycles. The fourth-order valence-corrected chi connectivity index (χ4v) is 4.33. The number of benzene rings is 3. The quantitative estimate of drug-likeness (QED) is 0.434. The molecule has 2 aliphatic rings. The summed E-state index contributed by atoms with van der Waals surface area (Å²) in [6, 6.07) is 15.1. The van der Waals surface area contributed by atoms with Crippen molar-refractivity contribution < 1.29 is 23.7 Å². The van der Waals surface area contributed by atoms with E-state index in [1.165, 1.54) is 0 Å². The van der Waals surface area contributed by atoms with Crippen LogP contribution in [0.5, 0.6) is 17.2 Å². The zero-order valence-corrected chi connectivity index (χ0v) is 19.9. The summed E-state index contributed by atoms with van der Waals surface area (Å²) in [6.07, 6.45) is 1.76. The molecule has 0 bridgehead atoms. The molecule has 0 aromatic heterocycles. The Morgan fingerprint density at radius 1 is 1.09 bits per heavy atom. The standard InChI is InChI=1S/C27H24ClNO5/c1-16-23(32-14-19-12-20(28)11-18-13-31-15-33-27(18)19)9-8-22-25(30)24(34-26(16)22)10-17-4-6-21(7-5-17)29(2)3/h4-12H,13-15H2,1-3H3/b24-10-. The number of fused-ring (bicyclic) bond motifs is 2. The first kappa shape index (κ1) is 22.3. The second-order valence-corrected chi connectivity index (χ2v) is 8.88. The maximum atomic E-state index is 12.9. The molecule has 0 saturated heterocycles. The van der Waals surface area contributed by atoms with E-state index in [0.29, 0.717) is 34.5 Å². The first-order valence-corrected chi connectivity index (χ1v) is 11.3. The Labute approximate surface area is 203 Å². The predicted octanol–water partition coefficient (Wildman–Crippen LogP) is 5.78. The van der Waals surface area contributed by atoms with Gasteiger partial charge in [-0.1, -0.05) is 23.7 Å². The molecule has 0 saturated carbocycles. The number of hydrogen-bond acceptors (Lipinski definition) is 6. The Morgan fingerprint density at radius 2 is 1.88 bits per heavy atom. The van der Waals surface area contributed by atoms with Crippen LogP contribution in [-0.4, -0.2) is 26.7 Å². The summed E-state index contributed by atoms with van der Waals surface area (Å²) >= 11 is 6.26. The van der Waals surface area contributed by atoms with Crippen molar-refractivity contribution in [3.8, 4) is 17.2 Å². The molecule has 3 aromatic rings. The van der Waals surface area contributed by atoms with Crippen molar-refractivity contribution in [1.82, 2.24) is 0 Å². The summed E-state index contributed by atoms with van der Waals surface area (Å²) in [4.78, 5) is 15.0. The molecule has 0 aliphatic carbocycles. The van der Waals surface area contributed by atoms with Gasteiger partial charge in [0.2, 0.25) is 5.78 Å². The van der Waals surface area contributed by atoms with E-state index < -0.39 is 0 Å². The van der Waals surface area contributed by atoms with Crippen molar-refractivity contribution in [3.05, 3.63) is 87.1 Å². The van der Waals surface area contributed by atoms with Crippen LogP contribution in [0.15, 0.2) is 54.3 Å². The molecule has 0 radical (unpaired) electrons. The number of rotatable bonds is 5. The number of ether oxygens (including phenoxy) is 4. The van der Waals surface area contributed by atoms with E-state index in [9.17, 15) is 4.79 Å². The molecule has 2 heterocycles. The van der Waals surface area contributed by atoms with Crippen LogP contribution >= 0.6 is 11.6 Å². The van der Waals surface area contributed by atoms with Gasteiger partial charge in [0.15, 0.2) is 12.6 Å². The molecule has 34 heavy (non-hydrogen) atoms. The Kier molecular flexibility index (Phi) is 5.94. The minimum atomic E-state index is -0.140. The van der Waals surface area contributed by atoms with Gasteiger partial charge < -0.3 is 23.8 Å². The summed E-state index contributed by atoms with van der Waals surface area (Å²) in [7, 11) is 3.97. The molecule has 0 N–H and O–H groups in total. The van der Waals surface area contributed by atoms with Gasteiger partial charge in [0.05, 0.1) is 12.2 Å². The molecular weight excluding hydrogens is 454 g/mol. The Bertz CT molecular complexity index is 1300. The number of allylic oxidation sites excluding steroid dienone is 1. The smallest absolute Gasteiger partial charge is 0.231 e. The average molecular weight is 478 g/mol. The highest BCUT2D eigenvalue weighted by molar-refractivity contribution is 6.30. The number of carbonyl (C=O) groups excluding carboxylic acids is 1. The number of Topliss-reactive ketones (excluding diaryl/α,β-unsaturated/α-hetero) is 1. The van der Waals surface area contributed by atoms with Crippen molar-refractivity contribution in [2.24, 2.45) is 0 Å². The maximum absolute atomic E-state index is 12.9. The van der Waals surface area contributed by atoms with E-state index in [2.05, 4.69) is 0 Å². The summed E-state index contributed by atoms with van der Waals surface area (Å²) < 4.78 is 23.1. The lowest BCUT2D eigenvalue weighted by Gasteiger charge is -2.21. The third-order valence-electron chi connectivity index (χ3n) is 5.88. The molecular formula is C27H24ClNO5. The van der Waals surface area contributed by atoms with Crippen LogP contribution < -0.4 is 19.1 Å². The van der Waals surface area contributed by atoms with Crippen LogP contribution in [0.3, 0.4) is 0 Å². The van der Waals surface area contributed by atoms with Crippen LogP contribution in [0.1, 0.15) is 32.6 Å². The number of anilines is 1. The van der Waals surface area contributed by atoms with Gasteiger partial charge in [0, 0.05) is 41.5 Å². The summed E-state index contributed by atoms with van der Waals surface area (Å²) in [5.41, 5.74) is 5.00. The van der Waals surface area contributed by atoms with Crippen LogP contribution in [-0.2, 0) is 18.0 Å². The van der Waals surface area contributed by atoms with Gasteiger partial charge >= 0.3 is 0 Å². The Balaban J connectivity index is 1.37. The highest BCUT2D eigenvalue weighted by Gasteiger charge is 2.30. The number of hydrogen-bond donors (Lipinski definition) is 0. The Hall–Kier alpha value is -3.48. The van der Waals surface area contributed by atoms with Crippen molar-refractivity contribution in [2.45, 2.75) is 20.1 Å². The summed E-state index contributed by atoms with van der Waals surface area (Å²) in [5.74, 6) is 2.05. The Morgan fingerprint density at radius 3 is 2.65 bits per heavy atom. The van der Waals surface area contributed by atoms with Crippen LogP contribution in [0, 0.1) is 6.92 Å². The highest BCUT2D eigenvalue weighted by atomic mass is 35.5. The van der Waals surface area contributed by atoms with Gasteiger partial charge in [-0.15, -0.1) is 0 Å². The van der Waals surface area contributed by atoms with E-state index in [-0.39, 0.29) is 19.2 Å². The number of carbonyl (C=O) groups is 1. The van der Waals surface area contributed by atoms with Crippen molar-refractivity contribution >= 4 is 29.1 Å². The van der Waals surface area contributed by atoms with Crippen molar-refractivity contribution in [2.75, 3.05) is 25.8 Å². The first-order chi connectivity index (χ1) is 16.4. The molecule has 174 valence electrons. The fourth-order valence-electron chi connectivity index (χ4n) is 4.06. The van der Waals surface area contributed by atoms with Crippen LogP contribution in [0.25, 0.3) is 6.08 Å². The van der Waals surface area contributed by atoms with E-state index in [0.717, 1.165) is 33.7 Å². The zero-order chi connectivity index (χ0) is 23.8. The van der Waals surface area contributed by atoms with Crippen LogP contribution in [0.2, 0.25) is 5.02 Å².